The van der Waals surface area contributed by atoms with Gasteiger partial charge in [-0.2, -0.15) is 0 Å². The molecule has 0 radical (unpaired) electrons. The first-order valence-electron chi connectivity index (χ1n) is 38.1. The minimum absolute atomic E-state index is 0.222. The molecule has 0 saturated carbocycles. The zero-order valence-corrected chi connectivity index (χ0v) is 60.6. The molecular weight excluding hydrogens is 1270 g/mol. The zero-order valence-electron chi connectivity index (χ0n) is 60.6. The lowest BCUT2D eigenvalue weighted by Gasteiger charge is -2.48. The molecule has 3 aliphatic heterocycles. The van der Waals surface area contributed by atoms with Gasteiger partial charge in [0.1, 0.15) is 73.2 Å². The van der Waals surface area contributed by atoms with E-state index in [1.165, 1.54) is 77.0 Å². The maximum absolute atomic E-state index is 13.4. The molecule has 1 amide bonds. The van der Waals surface area contributed by atoms with Crippen LogP contribution in [0.1, 0.15) is 226 Å². The van der Waals surface area contributed by atoms with Crippen LogP contribution in [0.3, 0.4) is 0 Å². The van der Waals surface area contributed by atoms with E-state index in [9.17, 15) is 61.0 Å². The molecule has 0 bridgehead atoms. The van der Waals surface area contributed by atoms with Crippen LogP contribution < -0.4 is 5.32 Å². The zero-order chi connectivity index (χ0) is 72.5. The van der Waals surface area contributed by atoms with Crippen molar-refractivity contribution in [2.24, 2.45) is 0 Å². The molecule has 17 unspecified atom stereocenters. The first-order valence-corrected chi connectivity index (χ1v) is 38.1. The molecule has 3 aliphatic rings. The Morgan fingerprint density at radius 1 is 0.370 bits per heavy atom. The lowest BCUT2D eigenvalue weighted by atomic mass is 9.96. The van der Waals surface area contributed by atoms with E-state index in [-0.39, 0.29) is 18.9 Å². The highest BCUT2D eigenvalue weighted by Gasteiger charge is 2.53. The molecule has 12 N–H and O–H groups in total. The van der Waals surface area contributed by atoms with E-state index in [1.54, 1.807) is 6.08 Å². The third-order valence-corrected chi connectivity index (χ3v) is 17.8. The van der Waals surface area contributed by atoms with Crippen LogP contribution in [0.25, 0.3) is 0 Å². The van der Waals surface area contributed by atoms with Crippen molar-refractivity contribution >= 4 is 5.91 Å². The SMILES string of the molecule is CC/C=C\C/C=C\C/C=C\C/C=C\C/C=C\C/C=C\C/C=C\C/C=C\C/C=C\CCCCCCCCCCCCCCCC(=O)NC(COC1OC(CO)C(OC2OC(CO)C(OC3OC(CO)C(O)C(O)C3O)C(O)C2O)C(O)C1O)C(O)/C=C/CC/C=C/CC/C=C/CCCCCC. The van der Waals surface area contributed by atoms with Crippen molar-refractivity contribution in [2.45, 2.75) is 330 Å². The molecule has 0 aliphatic carbocycles. The molecule has 3 rings (SSSR count). The summed E-state index contributed by atoms with van der Waals surface area (Å²) >= 11 is 0. The Morgan fingerprint density at radius 3 is 1.12 bits per heavy atom. The molecule has 3 heterocycles. The molecule has 570 valence electrons. The summed E-state index contributed by atoms with van der Waals surface area (Å²) in [5, 5.41) is 120. The highest BCUT2D eigenvalue weighted by atomic mass is 16.8. The number of aliphatic hydroxyl groups excluding tert-OH is 11. The third kappa shape index (κ3) is 40.1. The van der Waals surface area contributed by atoms with Crippen molar-refractivity contribution in [3.63, 3.8) is 0 Å². The second-order valence-electron chi connectivity index (χ2n) is 26.4. The van der Waals surface area contributed by atoms with E-state index in [4.69, 9.17) is 28.4 Å². The summed E-state index contributed by atoms with van der Waals surface area (Å²) < 4.78 is 34.3. The summed E-state index contributed by atoms with van der Waals surface area (Å²) in [6.45, 7) is 1.54. The molecular formula is C81H133NO18. The summed E-state index contributed by atoms with van der Waals surface area (Å²) in [7, 11) is 0. The van der Waals surface area contributed by atoms with Crippen LogP contribution in [0.15, 0.2) is 146 Å². The Balaban J connectivity index is 1.32. The topological polar surface area (TPSA) is 307 Å². The highest BCUT2D eigenvalue weighted by molar-refractivity contribution is 5.76. The van der Waals surface area contributed by atoms with Crippen LogP contribution in [-0.4, -0.2) is 193 Å². The summed E-state index contributed by atoms with van der Waals surface area (Å²) in [5.74, 6) is -0.297. The maximum atomic E-state index is 13.4. The van der Waals surface area contributed by atoms with Gasteiger partial charge in [0.25, 0.3) is 0 Å². The lowest BCUT2D eigenvalue weighted by molar-refractivity contribution is -0.379. The average Bonchev–Trinajstić information content (AvgIpc) is 0.783. The third-order valence-electron chi connectivity index (χ3n) is 17.8. The number of amides is 1. The number of hydrogen-bond acceptors (Lipinski definition) is 18. The Hall–Kier alpha value is -4.33. The second-order valence-corrected chi connectivity index (χ2v) is 26.4. The van der Waals surface area contributed by atoms with Gasteiger partial charge in [0.15, 0.2) is 18.9 Å². The molecule has 0 aromatic carbocycles. The van der Waals surface area contributed by atoms with Gasteiger partial charge in [-0.1, -0.05) is 250 Å². The summed E-state index contributed by atoms with van der Waals surface area (Å²) in [5.41, 5.74) is 0. The molecule has 3 saturated heterocycles. The van der Waals surface area contributed by atoms with Crippen molar-refractivity contribution in [3.05, 3.63) is 146 Å². The van der Waals surface area contributed by atoms with Crippen LogP contribution in [0, 0.1) is 0 Å². The largest absolute Gasteiger partial charge is 0.394 e. The molecule has 0 aromatic rings. The van der Waals surface area contributed by atoms with E-state index in [1.807, 2.05) is 6.08 Å². The summed E-state index contributed by atoms with van der Waals surface area (Å²) in [4.78, 5) is 13.4. The summed E-state index contributed by atoms with van der Waals surface area (Å²) in [6, 6.07) is -1.01. The number of hydrogen-bond donors (Lipinski definition) is 12. The van der Waals surface area contributed by atoms with E-state index in [0.29, 0.717) is 12.8 Å². The van der Waals surface area contributed by atoms with E-state index >= 15 is 0 Å². The number of aliphatic hydroxyl groups is 11. The number of carbonyl (C=O) groups excluding carboxylic acids is 1. The number of ether oxygens (including phenoxy) is 6. The quantitative estimate of drug-likeness (QED) is 0.0199. The minimum Gasteiger partial charge on any atom is -0.394 e. The van der Waals surface area contributed by atoms with Crippen LogP contribution in [-0.2, 0) is 33.2 Å². The number of allylic oxidation sites excluding steroid dienone is 23. The number of nitrogens with one attached hydrogen (secondary N) is 1. The van der Waals surface area contributed by atoms with Gasteiger partial charge >= 0.3 is 0 Å². The van der Waals surface area contributed by atoms with E-state index < -0.39 is 124 Å². The van der Waals surface area contributed by atoms with Crippen molar-refractivity contribution < 1.29 is 89.4 Å². The predicted octanol–water partition coefficient (Wildman–Crippen LogP) is 11.9. The van der Waals surface area contributed by atoms with E-state index in [0.717, 1.165) is 116 Å². The maximum Gasteiger partial charge on any atom is 0.220 e. The van der Waals surface area contributed by atoms with Gasteiger partial charge in [-0.25, -0.2) is 0 Å². The first kappa shape index (κ1) is 89.9. The molecule has 17 atom stereocenters. The average molecular weight is 1410 g/mol. The van der Waals surface area contributed by atoms with Gasteiger partial charge in [-0.05, 0) is 116 Å². The Morgan fingerprint density at radius 2 is 0.700 bits per heavy atom. The molecule has 0 aromatic heterocycles. The van der Waals surface area contributed by atoms with Gasteiger partial charge in [0.05, 0.1) is 38.6 Å². The normalized spacial score (nSPS) is 27.3. The Bertz CT molecular complexity index is 2380. The van der Waals surface area contributed by atoms with Gasteiger partial charge < -0.3 is 89.9 Å². The highest BCUT2D eigenvalue weighted by Crippen LogP contribution is 2.33. The van der Waals surface area contributed by atoms with Crippen molar-refractivity contribution in [1.29, 1.82) is 0 Å². The fourth-order valence-corrected chi connectivity index (χ4v) is 11.7. The molecule has 19 heteroatoms. The summed E-state index contributed by atoms with van der Waals surface area (Å²) in [6.07, 6.45) is 59.9. The Labute approximate surface area is 600 Å². The van der Waals surface area contributed by atoms with Gasteiger partial charge in [-0.3, -0.25) is 4.79 Å². The van der Waals surface area contributed by atoms with Crippen molar-refractivity contribution in [3.8, 4) is 0 Å². The van der Waals surface area contributed by atoms with Gasteiger partial charge in [0, 0.05) is 6.42 Å². The second kappa shape index (κ2) is 60.0. The fourth-order valence-electron chi connectivity index (χ4n) is 11.7. The number of carbonyl (C=O) groups is 1. The minimum atomic E-state index is -1.99. The monoisotopic (exact) mass is 1410 g/mol. The fraction of sp³-hybridized carbons (Fsp3) is 0.691. The standard InChI is InChI=1S/C81H133NO18/c1-3-5-7-9-11-13-15-17-19-20-21-22-23-24-25-26-27-28-29-30-31-32-33-34-35-36-37-38-39-40-41-42-43-44-45-47-49-51-53-55-57-59-69(87)82-64(65(86)58-56-54-52-50-48-46-18-16-14-12-10-8-6-4-2)63-95-79-75(93)72(90)77(67(61-84)97-79)100-81-76(94)73(91)78(68(62-85)98-81)99-80-74(92)71(89)70(88)66(60-83)96-80/h5,7,11,13-14,16-17,19,21-22,24-25,27-28,30-31,33-34,36-37,48,50,56,58,64-68,70-81,83-86,88-94H,3-4,6,8-10,12,15,18,20,23,26,29,32,35,38-47,49,51-55,57,59-63H2,1-2H3,(H,82,87)/b7-5-,13-11-,16-14+,19-17-,22-21-,25-24-,28-27-,31-30-,34-33-,37-36-,50-48+,58-56+. The van der Waals surface area contributed by atoms with Gasteiger partial charge in [-0.15, -0.1) is 0 Å². The van der Waals surface area contributed by atoms with Crippen LogP contribution in [0.5, 0.6) is 0 Å². The number of unbranched alkanes of at least 4 members (excludes halogenated alkanes) is 19. The van der Waals surface area contributed by atoms with E-state index in [2.05, 4.69) is 153 Å². The molecule has 0 spiro atoms. The molecule has 19 nitrogen and oxygen atoms in total. The van der Waals surface area contributed by atoms with Crippen molar-refractivity contribution in [1.82, 2.24) is 5.32 Å². The lowest BCUT2D eigenvalue weighted by Crippen LogP contribution is -2.66. The molecule has 100 heavy (non-hydrogen) atoms. The van der Waals surface area contributed by atoms with Crippen LogP contribution in [0.4, 0.5) is 0 Å². The molecule has 3 fully saturated rings. The first-order chi connectivity index (χ1) is 48.8. The smallest absolute Gasteiger partial charge is 0.220 e. The predicted molar refractivity (Wildman–Crippen MR) is 396 cm³/mol. The van der Waals surface area contributed by atoms with Gasteiger partial charge in [0.2, 0.25) is 5.91 Å². The Kier molecular flexibility index (Phi) is 53.9. The van der Waals surface area contributed by atoms with Crippen LogP contribution >= 0.6 is 0 Å². The van der Waals surface area contributed by atoms with Crippen LogP contribution in [0.2, 0.25) is 0 Å². The number of rotatable bonds is 57. The van der Waals surface area contributed by atoms with Crippen molar-refractivity contribution in [2.75, 3.05) is 26.4 Å².